The van der Waals surface area contributed by atoms with E-state index < -0.39 is 11.8 Å². The van der Waals surface area contributed by atoms with Gasteiger partial charge in [-0.15, -0.1) is 0 Å². The van der Waals surface area contributed by atoms with E-state index >= 15 is 0 Å². The molecule has 2 aromatic rings. The van der Waals surface area contributed by atoms with Gasteiger partial charge in [-0.2, -0.15) is 0 Å². The Kier molecular flexibility index (Phi) is 3.47. The summed E-state index contributed by atoms with van der Waals surface area (Å²) in [5, 5.41) is 6.18. The van der Waals surface area contributed by atoms with Gasteiger partial charge in [0, 0.05) is 12.3 Å². The van der Waals surface area contributed by atoms with Crippen molar-refractivity contribution < 1.29 is 14.1 Å². The van der Waals surface area contributed by atoms with Crippen LogP contribution < -0.4 is 5.32 Å². The van der Waals surface area contributed by atoms with E-state index in [1.807, 2.05) is 0 Å². The molecular formula is C12H11N3O3. The molecule has 1 unspecified atom stereocenters. The van der Waals surface area contributed by atoms with Gasteiger partial charge < -0.3 is 14.6 Å². The minimum Gasteiger partial charge on any atom is -0.360 e. The van der Waals surface area contributed by atoms with Crippen molar-refractivity contribution in [2.75, 3.05) is 5.32 Å². The van der Waals surface area contributed by atoms with Crippen molar-refractivity contribution in [1.82, 2.24) is 10.1 Å². The SMILES string of the molecule is Cc1cc(C(C=O)C(=O)Nc2ccccn2)on1. The second kappa shape index (κ2) is 5.22. The van der Waals surface area contributed by atoms with Crippen LogP contribution in [0.25, 0.3) is 0 Å². The molecule has 2 heterocycles. The lowest BCUT2D eigenvalue weighted by Gasteiger charge is -2.07. The molecule has 1 amide bonds. The first-order valence-corrected chi connectivity index (χ1v) is 5.31. The maximum atomic E-state index is 11.9. The van der Waals surface area contributed by atoms with E-state index in [0.29, 0.717) is 17.8 Å². The molecule has 1 N–H and O–H groups in total. The highest BCUT2D eigenvalue weighted by Crippen LogP contribution is 2.16. The molecule has 0 fully saturated rings. The maximum Gasteiger partial charge on any atom is 0.243 e. The number of anilines is 1. The first kappa shape index (κ1) is 12.0. The Hall–Kier alpha value is -2.50. The van der Waals surface area contributed by atoms with Gasteiger partial charge in [0.2, 0.25) is 5.91 Å². The summed E-state index contributed by atoms with van der Waals surface area (Å²) in [6.45, 7) is 1.71. The Balaban J connectivity index is 2.14. The highest BCUT2D eigenvalue weighted by molar-refractivity contribution is 6.04. The van der Waals surface area contributed by atoms with Crippen LogP contribution in [0.4, 0.5) is 5.82 Å². The third-order valence-electron chi connectivity index (χ3n) is 2.29. The number of rotatable bonds is 4. The fourth-order valence-electron chi connectivity index (χ4n) is 1.43. The number of hydrogen-bond donors (Lipinski definition) is 1. The van der Waals surface area contributed by atoms with Crippen LogP contribution in [0.2, 0.25) is 0 Å². The number of hydrogen-bond acceptors (Lipinski definition) is 5. The second-order valence-electron chi connectivity index (χ2n) is 3.69. The number of nitrogens with one attached hydrogen (secondary N) is 1. The van der Waals surface area contributed by atoms with Gasteiger partial charge in [0.15, 0.2) is 11.7 Å². The van der Waals surface area contributed by atoms with E-state index in [1.165, 1.54) is 0 Å². The summed E-state index contributed by atoms with van der Waals surface area (Å²) in [5.41, 5.74) is 0.613. The van der Waals surface area contributed by atoms with Gasteiger partial charge in [0.1, 0.15) is 12.1 Å². The van der Waals surface area contributed by atoms with E-state index in [2.05, 4.69) is 15.5 Å². The van der Waals surface area contributed by atoms with Gasteiger partial charge in [-0.25, -0.2) is 4.98 Å². The quantitative estimate of drug-likeness (QED) is 0.648. The molecule has 2 aromatic heterocycles. The number of nitrogens with zero attached hydrogens (tertiary/aromatic N) is 2. The standard InChI is InChI=1S/C12H11N3O3/c1-8-6-10(18-15-8)9(7-16)12(17)14-11-4-2-3-5-13-11/h2-7,9H,1H3,(H,13,14,17). The van der Waals surface area contributed by atoms with Crippen molar-refractivity contribution in [1.29, 1.82) is 0 Å². The zero-order valence-electron chi connectivity index (χ0n) is 9.66. The monoisotopic (exact) mass is 245 g/mol. The molecule has 0 bridgehead atoms. The Morgan fingerprint density at radius 1 is 1.50 bits per heavy atom. The number of carbonyl (C=O) groups is 2. The van der Waals surface area contributed by atoms with Crippen molar-refractivity contribution in [3.63, 3.8) is 0 Å². The van der Waals surface area contributed by atoms with Crippen LogP contribution in [0.15, 0.2) is 35.0 Å². The highest BCUT2D eigenvalue weighted by Gasteiger charge is 2.24. The molecule has 0 spiro atoms. The van der Waals surface area contributed by atoms with Gasteiger partial charge in [-0.05, 0) is 19.1 Å². The number of aldehydes is 1. The second-order valence-corrected chi connectivity index (χ2v) is 3.69. The molecule has 0 saturated heterocycles. The average Bonchev–Trinajstić information content (AvgIpc) is 2.78. The Bertz CT molecular complexity index is 551. The van der Waals surface area contributed by atoms with Gasteiger partial charge in [-0.1, -0.05) is 11.2 Å². The van der Waals surface area contributed by atoms with Crippen molar-refractivity contribution in [2.24, 2.45) is 0 Å². The van der Waals surface area contributed by atoms with Crippen LogP contribution in [-0.2, 0) is 9.59 Å². The summed E-state index contributed by atoms with van der Waals surface area (Å²) < 4.78 is 4.91. The third kappa shape index (κ3) is 2.60. The molecule has 1 atom stereocenters. The van der Waals surface area contributed by atoms with Crippen molar-refractivity contribution in [3.05, 3.63) is 41.9 Å². The van der Waals surface area contributed by atoms with Crippen LogP contribution >= 0.6 is 0 Å². The molecule has 0 aliphatic rings. The van der Waals surface area contributed by atoms with E-state index in [1.54, 1.807) is 37.4 Å². The fraction of sp³-hybridized carbons (Fsp3) is 0.167. The largest absolute Gasteiger partial charge is 0.360 e. The predicted octanol–water partition coefficient (Wildman–Crippen LogP) is 1.30. The molecule has 92 valence electrons. The molecule has 2 rings (SSSR count). The van der Waals surface area contributed by atoms with Gasteiger partial charge >= 0.3 is 0 Å². The van der Waals surface area contributed by atoms with Crippen LogP contribution in [-0.4, -0.2) is 22.3 Å². The molecule has 0 aliphatic carbocycles. The van der Waals surface area contributed by atoms with Crippen molar-refractivity contribution in [2.45, 2.75) is 12.8 Å². The van der Waals surface area contributed by atoms with E-state index in [-0.39, 0.29) is 5.76 Å². The molecule has 0 aromatic carbocycles. The molecule has 0 radical (unpaired) electrons. The van der Waals surface area contributed by atoms with Crippen LogP contribution in [0.1, 0.15) is 17.4 Å². The number of amides is 1. The van der Waals surface area contributed by atoms with Crippen LogP contribution in [0, 0.1) is 6.92 Å². The fourth-order valence-corrected chi connectivity index (χ4v) is 1.43. The van der Waals surface area contributed by atoms with Gasteiger partial charge in [0.05, 0.1) is 5.69 Å². The number of carbonyl (C=O) groups excluding carboxylic acids is 2. The summed E-state index contributed by atoms with van der Waals surface area (Å²) in [7, 11) is 0. The molecule has 0 saturated carbocycles. The smallest absolute Gasteiger partial charge is 0.243 e. The normalized spacial score (nSPS) is 11.8. The summed E-state index contributed by atoms with van der Waals surface area (Å²) in [6.07, 6.45) is 2.06. The molecule has 6 heteroatoms. The number of aryl methyl sites for hydroxylation is 1. The lowest BCUT2D eigenvalue weighted by atomic mass is 10.1. The summed E-state index contributed by atoms with van der Waals surface area (Å²) in [6, 6.07) is 6.65. The first-order chi connectivity index (χ1) is 8.70. The van der Waals surface area contributed by atoms with Gasteiger partial charge in [0.25, 0.3) is 0 Å². The van der Waals surface area contributed by atoms with Crippen LogP contribution in [0.5, 0.6) is 0 Å². The number of pyridine rings is 1. The summed E-state index contributed by atoms with van der Waals surface area (Å²) >= 11 is 0. The lowest BCUT2D eigenvalue weighted by Crippen LogP contribution is -2.22. The van der Waals surface area contributed by atoms with E-state index in [4.69, 9.17) is 4.52 Å². The molecule has 18 heavy (non-hydrogen) atoms. The Labute approximate surface area is 103 Å². The highest BCUT2D eigenvalue weighted by atomic mass is 16.5. The predicted molar refractivity (Wildman–Crippen MR) is 62.9 cm³/mol. The number of aromatic nitrogens is 2. The zero-order chi connectivity index (χ0) is 13.0. The summed E-state index contributed by atoms with van der Waals surface area (Å²) in [4.78, 5) is 26.8. The van der Waals surface area contributed by atoms with Crippen molar-refractivity contribution in [3.8, 4) is 0 Å². The van der Waals surface area contributed by atoms with Crippen LogP contribution in [0.3, 0.4) is 0 Å². The minimum atomic E-state index is -1.02. The van der Waals surface area contributed by atoms with Crippen molar-refractivity contribution >= 4 is 18.0 Å². The Morgan fingerprint density at radius 3 is 2.89 bits per heavy atom. The summed E-state index contributed by atoms with van der Waals surface area (Å²) in [5.74, 6) is -0.922. The third-order valence-corrected chi connectivity index (χ3v) is 2.29. The van der Waals surface area contributed by atoms with E-state index in [9.17, 15) is 9.59 Å². The topological polar surface area (TPSA) is 85.1 Å². The minimum absolute atomic E-state index is 0.218. The van der Waals surface area contributed by atoms with Gasteiger partial charge in [-0.3, -0.25) is 4.79 Å². The lowest BCUT2D eigenvalue weighted by molar-refractivity contribution is -0.122. The average molecular weight is 245 g/mol. The molecular weight excluding hydrogens is 234 g/mol. The zero-order valence-corrected chi connectivity index (χ0v) is 9.66. The first-order valence-electron chi connectivity index (χ1n) is 5.31. The van der Waals surface area contributed by atoms with E-state index in [0.717, 1.165) is 0 Å². The Morgan fingerprint density at radius 2 is 2.33 bits per heavy atom. The maximum absolute atomic E-state index is 11.9. The molecule has 6 nitrogen and oxygen atoms in total. The molecule has 0 aliphatic heterocycles.